The fourth-order valence-corrected chi connectivity index (χ4v) is 6.00. The fourth-order valence-electron chi connectivity index (χ4n) is 5.35. The number of thiocarbonyl (C=S) groups is 1. The van der Waals surface area contributed by atoms with E-state index in [-0.39, 0.29) is 42.7 Å². The summed E-state index contributed by atoms with van der Waals surface area (Å²) in [4.78, 5) is 24.4. The van der Waals surface area contributed by atoms with Crippen molar-refractivity contribution in [1.82, 2.24) is 36.0 Å². The predicted molar refractivity (Wildman–Crippen MR) is 228 cm³/mol. The number of carbonyl (C=O) groups excluding carboxylic acids is 2. The van der Waals surface area contributed by atoms with Gasteiger partial charge in [-0.3, -0.25) is 9.59 Å². The van der Waals surface area contributed by atoms with Gasteiger partial charge in [-0.2, -0.15) is 25.7 Å². The number of nitrogen functional groups attached to an aromatic ring is 1. The highest BCUT2D eigenvalue weighted by Gasteiger charge is 2.31. The molecule has 3 heterocycles. The number of benzene rings is 2. The van der Waals surface area contributed by atoms with Crippen LogP contribution in [0.15, 0.2) is 72.8 Å². The van der Waals surface area contributed by atoms with E-state index in [1.54, 1.807) is 12.1 Å². The van der Waals surface area contributed by atoms with Gasteiger partial charge in [0.05, 0.1) is 41.7 Å². The number of nitrogens with two attached hydrogens (primary N) is 3. The van der Waals surface area contributed by atoms with E-state index in [0.717, 1.165) is 72.5 Å². The highest BCUT2D eigenvalue weighted by Crippen LogP contribution is 2.24. The van der Waals surface area contributed by atoms with Crippen molar-refractivity contribution in [2.24, 2.45) is 11.6 Å². The summed E-state index contributed by atoms with van der Waals surface area (Å²) in [6.45, 7) is 2.02. The Balaban J connectivity index is 0.000000378. The molecule has 320 valence electrons. The molecule has 3 aromatic heterocycles. The molecule has 5 aromatic rings. The molecule has 0 aliphatic rings. The number of aryl methyl sites for hydroxylation is 4. The highest BCUT2D eigenvalue weighted by molar-refractivity contribution is 7.80. The minimum atomic E-state index is -4.77. The maximum Gasteiger partial charge on any atom is 0.573 e. The van der Waals surface area contributed by atoms with Crippen molar-refractivity contribution in [3.05, 3.63) is 117 Å². The van der Waals surface area contributed by atoms with Crippen molar-refractivity contribution in [2.45, 2.75) is 97.8 Å². The predicted octanol–water partition coefficient (Wildman–Crippen LogP) is 6.43. The van der Waals surface area contributed by atoms with Gasteiger partial charge in [0.1, 0.15) is 22.3 Å². The van der Waals surface area contributed by atoms with Gasteiger partial charge in [0, 0.05) is 25.7 Å². The van der Waals surface area contributed by atoms with Crippen LogP contribution in [-0.4, -0.2) is 53.6 Å². The minimum absolute atomic E-state index is 0. The van der Waals surface area contributed by atoms with Crippen molar-refractivity contribution in [3.8, 4) is 11.8 Å². The molecule has 7 N–H and O–H groups in total. The fraction of sp³-hybridized carbons (Fsp3) is 0.366. The largest absolute Gasteiger partial charge is 0.573 e. The number of halogens is 3. The quantitative estimate of drug-likeness (QED) is 0.0321. The molecular weight excluding hydrogens is 816 g/mol. The molecule has 0 radical (unpaired) electrons. The van der Waals surface area contributed by atoms with Crippen LogP contribution in [0.25, 0.3) is 0 Å². The van der Waals surface area contributed by atoms with E-state index in [1.165, 1.54) is 29.5 Å². The second kappa shape index (κ2) is 26.9. The minimum Gasteiger partial charge on any atom is -0.406 e. The number of ketones is 2. The van der Waals surface area contributed by atoms with Gasteiger partial charge in [-0.05, 0) is 105 Å². The second-order valence-corrected chi connectivity index (χ2v) is 14.6. The Morgan fingerprint density at radius 1 is 0.767 bits per heavy atom. The van der Waals surface area contributed by atoms with E-state index in [2.05, 4.69) is 59.5 Å². The molecule has 0 atom stereocenters. The number of nitrogens with zero attached hydrogens (tertiary/aromatic N) is 7. The summed E-state index contributed by atoms with van der Waals surface area (Å²) in [6.07, 6.45) is 2.63. The van der Waals surface area contributed by atoms with Gasteiger partial charge in [-0.15, -0.1) is 23.4 Å². The lowest BCUT2D eigenvalue weighted by Gasteiger charge is -2.09. The Kier molecular flexibility index (Phi) is 22.5. The molecule has 14 nitrogen and oxygen atoms in total. The standard InChI is InChI=1S/C20H20F3N5O2S.C19H21N3O.CH5N3S.CH4/c21-20(22,23)30-17-6-3-4-13(11-17)10-16(29)12-15-9-8-14(25-26-15)5-1-2-7-18-27-28-19(24)31-18;1-15-6-5-7-16(12-15)13-19(23)14-18-10-9-17(21-22-18)8-3-2-4-11-20;2-1(5)4-3;/h3-4,6,8-9,11H,1-2,5,7,10,12H2,(H2,24,28);5-7,9-10,12H,2-4,8,13-14H2,1H3;3H2,(H3,2,4,5);1H4. The second-order valence-electron chi connectivity index (χ2n) is 13.1. The lowest BCUT2D eigenvalue weighted by atomic mass is 10.0. The number of anilines is 1. The van der Waals surface area contributed by atoms with Crippen LogP contribution in [0.2, 0.25) is 0 Å². The van der Waals surface area contributed by atoms with Crippen molar-refractivity contribution < 1.29 is 27.5 Å². The van der Waals surface area contributed by atoms with Crippen molar-refractivity contribution >= 4 is 45.4 Å². The Morgan fingerprint density at radius 2 is 1.27 bits per heavy atom. The molecule has 2 aromatic carbocycles. The van der Waals surface area contributed by atoms with Crippen LogP contribution in [0.4, 0.5) is 18.3 Å². The number of Topliss-reactive ketones (excluding diaryl/α,β-unsaturated/α-hetero) is 2. The SMILES string of the molecule is C.Cc1cccc(CC(=O)Cc2ccc(CCCCC#N)nn2)c1.NNC(N)=S.Nc1nnc(CCCCc2ccc(CC(=O)Cc3cccc(OC(F)(F)F)c3)nn2)s1. The van der Waals surface area contributed by atoms with Gasteiger partial charge in [0.2, 0.25) is 5.13 Å². The van der Waals surface area contributed by atoms with Crippen LogP contribution in [-0.2, 0) is 54.5 Å². The van der Waals surface area contributed by atoms with Crippen molar-refractivity contribution in [1.29, 1.82) is 5.26 Å². The zero-order valence-corrected chi connectivity index (χ0v) is 34.1. The topological polar surface area (TPSA) is 235 Å². The van der Waals surface area contributed by atoms with E-state index < -0.39 is 6.36 Å². The van der Waals surface area contributed by atoms with E-state index in [4.69, 9.17) is 16.7 Å². The van der Waals surface area contributed by atoms with Crippen LogP contribution in [0.3, 0.4) is 0 Å². The third-order valence-electron chi connectivity index (χ3n) is 7.99. The summed E-state index contributed by atoms with van der Waals surface area (Å²) in [5, 5.41) is 34.3. The van der Waals surface area contributed by atoms with Gasteiger partial charge < -0.3 is 21.6 Å². The van der Waals surface area contributed by atoms with E-state index in [9.17, 15) is 22.8 Å². The number of ether oxygens (including phenoxy) is 1. The smallest absolute Gasteiger partial charge is 0.406 e. The first kappa shape index (κ1) is 50.2. The zero-order chi connectivity index (χ0) is 43.0. The van der Waals surface area contributed by atoms with Crippen LogP contribution in [0.1, 0.15) is 84.0 Å². The molecule has 19 heteroatoms. The first-order chi connectivity index (χ1) is 28.2. The molecule has 0 spiro atoms. The van der Waals surface area contributed by atoms with E-state index in [1.807, 2.05) is 54.8 Å². The third-order valence-corrected chi connectivity index (χ3v) is 8.92. The van der Waals surface area contributed by atoms with Crippen molar-refractivity contribution in [3.63, 3.8) is 0 Å². The molecule has 0 fully saturated rings. The number of carbonyl (C=O) groups is 2. The molecule has 0 aliphatic heterocycles. The molecule has 0 aliphatic carbocycles. The Labute approximate surface area is 357 Å². The lowest BCUT2D eigenvalue weighted by Crippen LogP contribution is -2.34. The Hall–Kier alpha value is -5.97. The van der Waals surface area contributed by atoms with Crippen LogP contribution in [0, 0.1) is 18.3 Å². The molecular formula is C41H50F3N11O3S2. The average molecular weight is 866 g/mol. The summed E-state index contributed by atoms with van der Waals surface area (Å²) < 4.78 is 40.8. The van der Waals surface area contributed by atoms with Gasteiger partial charge in [0.25, 0.3) is 0 Å². The summed E-state index contributed by atoms with van der Waals surface area (Å²) in [5.41, 5.74) is 18.0. The molecule has 60 heavy (non-hydrogen) atoms. The molecule has 0 saturated carbocycles. The van der Waals surface area contributed by atoms with Crippen molar-refractivity contribution in [2.75, 3.05) is 5.73 Å². The third kappa shape index (κ3) is 21.7. The molecule has 5 rings (SSSR count). The number of hydrogen-bond acceptors (Lipinski definition) is 14. The highest BCUT2D eigenvalue weighted by atomic mass is 32.1. The van der Waals surface area contributed by atoms with Crippen LogP contribution in [0.5, 0.6) is 5.75 Å². The number of hydrazine groups is 1. The average Bonchev–Trinajstić information content (AvgIpc) is 3.61. The number of rotatable bonds is 18. The van der Waals surface area contributed by atoms with Crippen LogP contribution >= 0.6 is 23.6 Å². The number of hydrogen-bond donors (Lipinski definition) is 4. The van der Waals surface area contributed by atoms with Gasteiger partial charge in [-0.1, -0.05) is 60.7 Å². The number of alkyl halides is 3. The van der Waals surface area contributed by atoms with Crippen LogP contribution < -0.4 is 27.5 Å². The molecule has 0 unspecified atom stereocenters. The maximum absolute atomic E-state index is 12.3. The van der Waals surface area contributed by atoms with E-state index >= 15 is 0 Å². The number of nitrogens with one attached hydrogen (secondary N) is 1. The molecule has 0 amide bonds. The first-order valence-corrected chi connectivity index (χ1v) is 19.7. The Bertz CT molecular complexity index is 2110. The number of nitriles is 1. The maximum atomic E-state index is 12.3. The van der Waals surface area contributed by atoms with Gasteiger partial charge >= 0.3 is 6.36 Å². The van der Waals surface area contributed by atoms with Gasteiger partial charge in [0.15, 0.2) is 5.11 Å². The summed E-state index contributed by atoms with van der Waals surface area (Å²) in [5.74, 6) is 4.27. The normalized spacial score (nSPS) is 10.4. The lowest BCUT2D eigenvalue weighted by molar-refractivity contribution is -0.274. The molecule has 0 saturated heterocycles. The molecule has 0 bridgehead atoms. The number of aromatic nitrogens is 6. The van der Waals surface area contributed by atoms with Gasteiger partial charge in [-0.25, -0.2) is 5.84 Å². The summed E-state index contributed by atoms with van der Waals surface area (Å²) in [6, 6.07) is 22.9. The summed E-state index contributed by atoms with van der Waals surface area (Å²) >= 11 is 5.62. The monoisotopic (exact) mass is 865 g/mol. The zero-order valence-electron chi connectivity index (χ0n) is 32.5. The summed E-state index contributed by atoms with van der Waals surface area (Å²) in [7, 11) is 0. The number of unbranched alkanes of at least 4 members (excludes halogenated alkanes) is 3. The first-order valence-electron chi connectivity index (χ1n) is 18.5. The van der Waals surface area contributed by atoms with E-state index in [0.29, 0.717) is 41.3 Å². The Morgan fingerprint density at radius 3 is 1.73 bits per heavy atom.